The predicted molar refractivity (Wildman–Crippen MR) is 106 cm³/mol. The van der Waals surface area contributed by atoms with Gasteiger partial charge >= 0.3 is 12.0 Å². The summed E-state index contributed by atoms with van der Waals surface area (Å²) in [6.07, 6.45) is 1.11. The molecule has 2 fully saturated rings. The summed E-state index contributed by atoms with van der Waals surface area (Å²) in [7, 11) is 0. The standard InChI is InChI=1S/C21H29N3O5/c1-16(2)14-23-10-8-21(9-11-23)19(26)24(20(27)22-21)15-18(25)29-13-12-28-17-6-4-3-5-7-17/h3-7,16H,8-15H2,1-2H3,(H,22,27). The van der Waals surface area contributed by atoms with Gasteiger partial charge < -0.3 is 19.7 Å². The fraction of sp³-hybridized carbons (Fsp3) is 0.571. The molecule has 0 unspecified atom stereocenters. The van der Waals surface area contributed by atoms with Crippen molar-refractivity contribution in [2.24, 2.45) is 5.92 Å². The number of ether oxygens (including phenoxy) is 2. The van der Waals surface area contributed by atoms with Gasteiger partial charge in [0, 0.05) is 19.6 Å². The molecule has 2 heterocycles. The monoisotopic (exact) mass is 403 g/mol. The maximum absolute atomic E-state index is 12.9. The number of rotatable bonds is 8. The summed E-state index contributed by atoms with van der Waals surface area (Å²) in [6, 6.07) is 8.67. The zero-order chi connectivity index (χ0) is 20.9. The summed E-state index contributed by atoms with van der Waals surface area (Å²) in [5, 5.41) is 2.82. The largest absolute Gasteiger partial charge is 0.490 e. The van der Waals surface area contributed by atoms with Crippen LogP contribution >= 0.6 is 0 Å². The zero-order valence-corrected chi connectivity index (χ0v) is 17.1. The van der Waals surface area contributed by atoms with Crippen LogP contribution in [0.15, 0.2) is 30.3 Å². The Morgan fingerprint density at radius 2 is 1.83 bits per heavy atom. The van der Waals surface area contributed by atoms with E-state index >= 15 is 0 Å². The van der Waals surface area contributed by atoms with Crippen molar-refractivity contribution < 1.29 is 23.9 Å². The number of carbonyl (C=O) groups excluding carboxylic acids is 3. The second kappa shape index (κ2) is 9.26. The van der Waals surface area contributed by atoms with E-state index in [9.17, 15) is 14.4 Å². The van der Waals surface area contributed by atoms with Gasteiger partial charge in [0.05, 0.1) is 0 Å². The lowest BCUT2D eigenvalue weighted by molar-refractivity contribution is -0.148. The smallest absolute Gasteiger partial charge is 0.326 e. The van der Waals surface area contributed by atoms with E-state index in [1.54, 1.807) is 12.1 Å². The molecule has 2 aliphatic heterocycles. The van der Waals surface area contributed by atoms with Crippen LogP contribution in [0.25, 0.3) is 0 Å². The molecule has 1 aromatic carbocycles. The summed E-state index contributed by atoms with van der Waals surface area (Å²) >= 11 is 0. The first-order chi connectivity index (χ1) is 13.9. The highest BCUT2D eigenvalue weighted by atomic mass is 16.6. The Balaban J connectivity index is 1.44. The van der Waals surface area contributed by atoms with Gasteiger partial charge in [0.25, 0.3) is 5.91 Å². The summed E-state index contributed by atoms with van der Waals surface area (Å²) in [4.78, 5) is 40.5. The SMILES string of the molecule is CC(C)CN1CCC2(CC1)NC(=O)N(CC(=O)OCCOc1ccccc1)C2=O. The van der Waals surface area contributed by atoms with Crippen molar-refractivity contribution in [1.82, 2.24) is 15.1 Å². The number of amides is 3. The summed E-state index contributed by atoms with van der Waals surface area (Å²) in [5.74, 6) is 0.280. The van der Waals surface area contributed by atoms with Crippen molar-refractivity contribution in [3.63, 3.8) is 0 Å². The number of esters is 1. The molecule has 1 spiro atoms. The molecule has 0 atom stereocenters. The molecule has 0 aliphatic carbocycles. The van der Waals surface area contributed by atoms with Crippen LogP contribution in [0.1, 0.15) is 26.7 Å². The molecular weight excluding hydrogens is 374 g/mol. The lowest BCUT2D eigenvalue weighted by Gasteiger charge is -2.37. The van der Waals surface area contributed by atoms with Gasteiger partial charge in [-0.1, -0.05) is 32.0 Å². The Labute approximate surface area is 171 Å². The van der Waals surface area contributed by atoms with Crippen molar-refractivity contribution in [2.45, 2.75) is 32.2 Å². The average molecular weight is 403 g/mol. The number of carbonyl (C=O) groups is 3. The Kier molecular flexibility index (Phi) is 6.74. The molecule has 2 aliphatic rings. The minimum atomic E-state index is -0.888. The van der Waals surface area contributed by atoms with E-state index in [2.05, 4.69) is 24.1 Å². The van der Waals surface area contributed by atoms with E-state index < -0.39 is 17.5 Å². The fourth-order valence-corrected chi connectivity index (χ4v) is 3.80. The van der Waals surface area contributed by atoms with Gasteiger partial charge in [0.1, 0.15) is 31.0 Å². The van der Waals surface area contributed by atoms with Crippen LogP contribution in [0.4, 0.5) is 4.79 Å². The Morgan fingerprint density at radius 1 is 1.14 bits per heavy atom. The number of likely N-dealkylation sites (tertiary alicyclic amines) is 1. The number of urea groups is 1. The molecule has 158 valence electrons. The van der Waals surface area contributed by atoms with Gasteiger partial charge in [-0.05, 0) is 30.9 Å². The topological polar surface area (TPSA) is 88.2 Å². The Hall–Kier alpha value is -2.61. The third kappa shape index (κ3) is 5.26. The molecule has 8 nitrogen and oxygen atoms in total. The molecular formula is C21H29N3O5. The van der Waals surface area contributed by atoms with Crippen LogP contribution in [-0.2, 0) is 14.3 Å². The minimum absolute atomic E-state index is 0.0483. The summed E-state index contributed by atoms with van der Waals surface area (Å²) in [6.45, 7) is 6.65. The van der Waals surface area contributed by atoms with Gasteiger partial charge in [-0.25, -0.2) is 4.79 Å². The molecule has 3 rings (SSSR count). The van der Waals surface area contributed by atoms with Gasteiger partial charge in [0.15, 0.2) is 0 Å². The third-order valence-corrected chi connectivity index (χ3v) is 5.22. The molecule has 0 saturated carbocycles. The number of para-hydroxylation sites is 1. The summed E-state index contributed by atoms with van der Waals surface area (Å²) in [5.41, 5.74) is -0.888. The predicted octanol–water partition coefficient (Wildman–Crippen LogP) is 1.65. The first-order valence-electron chi connectivity index (χ1n) is 10.1. The number of nitrogens with zero attached hydrogens (tertiary/aromatic N) is 2. The van der Waals surface area contributed by atoms with Crippen LogP contribution < -0.4 is 10.1 Å². The quantitative estimate of drug-likeness (QED) is 0.403. The zero-order valence-electron chi connectivity index (χ0n) is 17.1. The molecule has 8 heteroatoms. The number of hydrogen-bond acceptors (Lipinski definition) is 6. The molecule has 0 radical (unpaired) electrons. The van der Waals surface area contributed by atoms with E-state index in [0.717, 1.165) is 24.5 Å². The van der Waals surface area contributed by atoms with Crippen LogP contribution in [0.5, 0.6) is 5.75 Å². The molecule has 1 N–H and O–H groups in total. The molecule has 1 aromatic rings. The van der Waals surface area contributed by atoms with Gasteiger partial charge in [-0.15, -0.1) is 0 Å². The number of imide groups is 1. The lowest BCUT2D eigenvalue weighted by atomic mass is 9.87. The highest BCUT2D eigenvalue weighted by Crippen LogP contribution is 2.29. The normalized spacial score (nSPS) is 18.9. The van der Waals surface area contributed by atoms with E-state index in [1.807, 2.05) is 18.2 Å². The molecule has 3 amide bonds. The van der Waals surface area contributed by atoms with Crippen LogP contribution in [-0.4, -0.2) is 72.6 Å². The first-order valence-corrected chi connectivity index (χ1v) is 10.1. The van der Waals surface area contributed by atoms with Crippen molar-refractivity contribution in [1.29, 1.82) is 0 Å². The molecule has 0 bridgehead atoms. The molecule has 2 saturated heterocycles. The van der Waals surface area contributed by atoms with Gasteiger partial charge in [-0.3, -0.25) is 14.5 Å². The van der Waals surface area contributed by atoms with Crippen LogP contribution in [0.3, 0.4) is 0 Å². The van der Waals surface area contributed by atoms with E-state index in [0.29, 0.717) is 24.5 Å². The van der Waals surface area contributed by atoms with E-state index in [1.165, 1.54) is 0 Å². The average Bonchev–Trinajstić information content (AvgIpc) is 2.92. The highest BCUT2D eigenvalue weighted by molar-refractivity contribution is 6.08. The maximum atomic E-state index is 12.9. The van der Waals surface area contributed by atoms with Gasteiger partial charge in [0.2, 0.25) is 0 Å². The third-order valence-electron chi connectivity index (χ3n) is 5.22. The molecule has 29 heavy (non-hydrogen) atoms. The number of hydrogen-bond donors (Lipinski definition) is 1. The van der Waals surface area contributed by atoms with E-state index in [4.69, 9.17) is 9.47 Å². The van der Waals surface area contributed by atoms with Crippen molar-refractivity contribution in [2.75, 3.05) is 39.4 Å². The highest BCUT2D eigenvalue weighted by Gasteiger charge is 2.52. The molecule has 0 aromatic heterocycles. The second-order valence-electron chi connectivity index (χ2n) is 7.98. The van der Waals surface area contributed by atoms with Crippen LogP contribution in [0.2, 0.25) is 0 Å². The van der Waals surface area contributed by atoms with Gasteiger partial charge in [-0.2, -0.15) is 0 Å². The lowest BCUT2D eigenvalue weighted by Crippen LogP contribution is -2.55. The van der Waals surface area contributed by atoms with Crippen LogP contribution in [0, 0.1) is 5.92 Å². The number of nitrogens with one attached hydrogen (secondary N) is 1. The Morgan fingerprint density at radius 3 is 2.48 bits per heavy atom. The van der Waals surface area contributed by atoms with Crippen molar-refractivity contribution in [3.05, 3.63) is 30.3 Å². The fourth-order valence-electron chi connectivity index (χ4n) is 3.80. The van der Waals surface area contributed by atoms with Crippen molar-refractivity contribution >= 4 is 17.9 Å². The second-order valence-corrected chi connectivity index (χ2v) is 7.98. The maximum Gasteiger partial charge on any atom is 0.326 e. The van der Waals surface area contributed by atoms with Crippen molar-refractivity contribution in [3.8, 4) is 5.75 Å². The minimum Gasteiger partial charge on any atom is -0.490 e. The number of benzene rings is 1. The Bertz CT molecular complexity index is 729. The first kappa shape index (κ1) is 21.1. The number of piperidine rings is 1. The van der Waals surface area contributed by atoms with E-state index in [-0.39, 0.29) is 25.7 Å². The summed E-state index contributed by atoms with van der Waals surface area (Å²) < 4.78 is 10.6.